The van der Waals surface area contributed by atoms with Gasteiger partial charge >= 0.3 is 0 Å². The number of carbonyl (C=O) groups is 1. The molecular weight excluding hydrogens is 382 g/mol. The van der Waals surface area contributed by atoms with E-state index < -0.39 is 16.8 Å². The SMILES string of the molecule is CCCCCCCNC(=O)CC(NS(=O)[O-])(C(=S)NC)c1ccc(C)cc1. The van der Waals surface area contributed by atoms with Gasteiger partial charge in [0.2, 0.25) is 5.91 Å². The van der Waals surface area contributed by atoms with E-state index in [-0.39, 0.29) is 17.3 Å². The molecule has 0 fully saturated rings. The maximum absolute atomic E-state index is 12.6. The summed E-state index contributed by atoms with van der Waals surface area (Å²) in [4.78, 5) is 12.8. The first-order valence-electron chi connectivity index (χ1n) is 9.28. The van der Waals surface area contributed by atoms with Gasteiger partial charge in [0, 0.05) is 24.9 Å². The predicted molar refractivity (Wildman–Crippen MR) is 113 cm³/mol. The van der Waals surface area contributed by atoms with Crippen LogP contribution < -0.4 is 15.4 Å². The minimum absolute atomic E-state index is 0.112. The van der Waals surface area contributed by atoms with Crippen molar-refractivity contribution in [2.75, 3.05) is 13.6 Å². The Balaban J connectivity index is 2.93. The van der Waals surface area contributed by atoms with Crippen molar-refractivity contribution in [3.05, 3.63) is 35.4 Å². The van der Waals surface area contributed by atoms with Crippen molar-refractivity contribution in [2.24, 2.45) is 0 Å². The fourth-order valence-electron chi connectivity index (χ4n) is 2.91. The molecule has 27 heavy (non-hydrogen) atoms. The van der Waals surface area contributed by atoms with Gasteiger partial charge in [-0.3, -0.25) is 9.00 Å². The molecule has 0 heterocycles. The molecule has 0 aliphatic heterocycles. The number of carbonyl (C=O) groups excluding carboxylic acids is 1. The number of thiocarbonyl (C=S) groups is 1. The molecule has 1 aromatic carbocycles. The maximum atomic E-state index is 12.6. The third-order valence-corrected chi connectivity index (χ3v) is 5.51. The second-order valence-corrected chi connectivity index (χ2v) is 7.71. The van der Waals surface area contributed by atoms with Crippen molar-refractivity contribution in [3.8, 4) is 0 Å². The first-order chi connectivity index (χ1) is 12.9. The Morgan fingerprint density at radius 2 is 1.81 bits per heavy atom. The van der Waals surface area contributed by atoms with Crippen LogP contribution in [0.25, 0.3) is 0 Å². The van der Waals surface area contributed by atoms with E-state index >= 15 is 0 Å². The van der Waals surface area contributed by atoms with Crippen LogP contribution in [0.4, 0.5) is 0 Å². The van der Waals surface area contributed by atoms with Crippen LogP contribution in [0.2, 0.25) is 0 Å². The van der Waals surface area contributed by atoms with Gasteiger partial charge in [0.15, 0.2) is 0 Å². The fraction of sp³-hybridized carbons (Fsp3) is 0.579. The van der Waals surface area contributed by atoms with Crippen molar-refractivity contribution >= 4 is 34.4 Å². The molecule has 0 spiro atoms. The Bertz CT molecular complexity index is 638. The molecule has 3 N–H and O–H groups in total. The lowest BCUT2D eigenvalue weighted by Gasteiger charge is -2.36. The lowest BCUT2D eigenvalue weighted by atomic mass is 9.86. The zero-order chi connectivity index (χ0) is 20.3. The highest BCUT2D eigenvalue weighted by atomic mass is 32.2. The number of aryl methyl sites for hydroxylation is 1. The Kier molecular flexibility index (Phi) is 10.7. The molecule has 0 radical (unpaired) electrons. The highest BCUT2D eigenvalue weighted by Crippen LogP contribution is 2.27. The monoisotopic (exact) mass is 412 g/mol. The van der Waals surface area contributed by atoms with Crippen molar-refractivity contribution in [1.82, 2.24) is 15.4 Å². The van der Waals surface area contributed by atoms with E-state index in [1.165, 1.54) is 12.8 Å². The van der Waals surface area contributed by atoms with Crippen LogP contribution >= 0.6 is 12.2 Å². The van der Waals surface area contributed by atoms with Gasteiger partial charge in [-0.25, -0.2) is 4.72 Å². The first-order valence-corrected chi connectivity index (χ1v) is 10.8. The van der Waals surface area contributed by atoms with E-state index in [4.69, 9.17) is 12.2 Å². The van der Waals surface area contributed by atoms with Crippen molar-refractivity contribution in [1.29, 1.82) is 0 Å². The van der Waals surface area contributed by atoms with Crippen LogP contribution in [0.15, 0.2) is 24.3 Å². The van der Waals surface area contributed by atoms with Crippen molar-refractivity contribution in [2.45, 2.75) is 57.9 Å². The van der Waals surface area contributed by atoms with Gasteiger partial charge in [-0.1, -0.05) is 74.7 Å². The third kappa shape index (κ3) is 7.65. The molecule has 0 aromatic heterocycles. The van der Waals surface area contributed by atoms with Gasteiger partial charge < -0.3 is 15.2 Å². The summed E-state index contributed by atoms with van der Waals surface area (Å²) < 4.78 is 25.5. The quantitative estimate of drug-likeness (QED) is 0.279. The second kappa shape index (κ2) is 12.2. The number of unbranched alkanes of at least 4 members (excludes halogenated alkanes) is 4. The zero-order valence-corrected chi connectivity index (χ0v) is 17.9. The maximum Gasteiger partial charge on any atom is 0.222 e. The van der Waals surface area contributed by atoms with Gasteiger partial charge in [-0.15, -0.1) is 0 Å². The van der Waals surface area contributed by atoms with E-state index in [2.05, 4.69) is 22.3 Å². The molecule has 0 aliphatic rings. The number of benzene rings is 1. The highest BCUT2D eigenvalue weighted by Gasteiger charge is 2.39. The Labute approximate surface area is 170 Å². The van der Waals surface area contributed by atoms with Crippen LogP contribution in [0.1, 0.15) is 56.6 Å². The van der Waals surface area contributed by atoms with E-state index in [9.17, 15) is 13.6 Å². The number of amides is 1. The van der Waals surface area contributed by atoms with Crippen LogP contribution in [0.5, 0.6) is 0 Å². The van der Waals surface area contributed by atoms with Gasteiger partial charge in [-0.05, 0) is 18.9 Å². The fourth-order valence-corrected chi connectivity index (χ4v) is 3.79. The zero-order valence-electron chi connectivity index (χ0n) is 16.3. The number of likely N-dealkylation sites (N-methyl/N-ethyl adjacent to an activating group) is 1. The molecule has 0 bridgehead atoms. The average Bonchev–Trinajstić information content (AvgIpc) is 2.63. The molecule has 2 atom stereocenters. The number of nitrogens with one attached hydrogen (secondary N) is 3. The van der Waals surface area contributed by atoms with E-state index in [0.717, 1.165) is 24.8 Å². The summed E-state index contributed by atoms with van der Waals surface area (Å²) in [6.45, 7) is 4.66. The summed E-state index contributed by atoms with van der Waals surface area (Å²) in [7, 11) is 1.62. The summed E-state index contributed by atoms with van der Waals surface area (Å²) in [6, 6.07) is 7.31. The average molecular weight is 413 g/mol. The lowest BCUT2D eigenvalue weighted by molar-refractivity contribution is -0.121. The Morgan fingerprint density at radius 1 is 1.19 bits per heavy atom. The van der Waals surface area contributed by atoms with Crippen LogP contribution in [-0.2, 0) is 21.6 Å². The van der Waals surface area contributed by atoms with Gasteiger partial charge in [0.25, 0.3) is 0 Å². The Morgan fingerprint density at radius 3 is 2.37 bits per heavy atom. The molecule has 2 unspecified atom stereocenters. The number of hydrogen-bond donors (Lipinski definition) is 3. The summed E-state index contributed by atoms with van der Waals surface area (Å²) in [5, 5.41) is 5.72. The van der Waals surface area contributed by atoms with Gasteiger partial charge in [-0.2, -0.15) is 0 Å². The van der Waals surface area contributed by atoms with Crippen molar-refractivity contribution in [3.63, 3.8) is 0 Å². The van der Waals surface area contributed by atoms with Crippen LogP contribution in [0, 0.1) is 6.92 Å². The number of hydrogen-bond acceptors (Lipinski definition) is 4. The van der Waals surface area contributed by atoms with Crippen molar-refractivity contribution < 1.29 is 13.6 Å². The summed E-state index contributed by atoms with van der Waals surface area (Å²) in [5.74, 6) is -0.249. The molecule has 0 aliphatic carbocycles. The van der Waals surface area contributed by atoms with E-state index in [0.29, 0.717) is 12.1 Å². The minimum atomic E-state index is -2.60. The van der Waals surface area contributed by atoms with E-state index in [1.807, 2.05) is 19.1 Å². The standard InChI is InChI=1S/C19H31N3O3S2/c1-4-5-6-7-8-13-21-17(23)14-19(18(26)20-3,22-27(24)25)16-11-9-15(2)10-12-16/h9-12,22H,4-8,13-14H2,1-3H3,(H,20,26)(H,21,23)(H,24,25)/p-1. The molecule has 1 amide bonds. The molecule has 0 saturated carbocycles. The number of rotatable bonds is 12. The topological polar surface area (TPSA) is 93.3 Å². The highest BCUT2D eigenvalue weighted by molar-refractivity contribution is 7.80. The third-order valence-electron chi connectivity index (χ3n) is 4.44. The molecule has 152 valence electrons. The molecule has 1 aromatic rings. The van der Waals surface area contributed by atoms with Crippen LogP contribution in [0.3, 0.4) is 0 Å². The lowest BCUT2D eigenvalue weighted by Crippen LogP contribution is -2.55. The first kappa shape index (κ1) is 23.7. The minimum Gasteiger partial charge on any atom is -0.760 e. The van der Waals surface area contributed by atoms with Gasteiger partial charge in [0.1, 0.15) is 10.5 Å². The van der Waals surface area contributed by atoms with Gasteiger partial charge in [0.05, 0.1) is 6.42 Å². The predicted octanol–water partition coefficient (Wildman–Crippen LogP) is 2.60. The second-order valence-electron chi connectivity index (χ2n) is 6.63. The van der Waals surface area contributed by atoms with E-state index in [1.54, 1.807) is 19.2 Å². The summed E-state index contributed by atoms with van der Waals surface area (Å²) in [5.41, 5.74) is 0.328. The van der Waals surface area contributed by atoms with Crippen LogP contribution in [-0.4, -0.2) is 33.2 Å². The summed E-state index contributed by atoms with van der Waals surface area (Å²) >= 11 is 2.80. The molecule has 0 saturated heterocycles. The smallest absolute Gasteiger partial charge is 0.222 e. The normalized spacial score (nSPS) is 14.2. The largest absolute Gasteiger partial charge is 0.760 e. The molecule has 8 heteroatoms. The molecular formula is C19H30N3O3S2-. The Hall–Kier alpha value is -1.35. The molecule has 1 rings (SSSR count). The molecule has 6 nitrogen and oxygen atoms in total. The summed E-state index contributed by atoms with van der Waals surface area (Å²) in [6.07, 6.45) is 5.37.